The van der Waals surface area contributed by atoms with E-state index in [4.69, 9.17) is 0 Å². The van der Waals surface area contributed by atoms with E-state index in [-0.39, 0.29) is 0 Å². The van der Waals surface area contributed by atoms with Gasteiger partial charge in [0.25, 0.3) is 0 Å². The number of nitrogens with one attached hydrogen (secondary N) is 1. The molecule has 1 atom stereocenters. The lowest BCUT2D eigenvalue weighted by atomic mass is 9.96. The first-order valence-corrected chi connectivity index (χ1v) is 8.02. The minimum absolute atomic E-state index is 0.333. The van der Waals surface area contributed by atoms with E-state index in [9.17, 15) is 0 Å². The molecular formula is C19H26N2. The van der Waals surface area contributed by atoms with Crippen LogP contribution in [0.2, 0.25) is 0 Å². The maximum atomic E-state index is 3.53. The van der Waals surface area contributed by atoms with Crippen LogP contribution in [-0.4, -0.2) is 30.6 Å². The summed E-state index contributed by atoms with van der Waals surface area (Å²) in [6.45, 7) is 7.04. The molecule has 2 aromatic rings. The Hall–Kier alpha value is -1.38. The van der Waals surface area contributed by atoms with Gasteiger partial charge in [0.2, 0.25) is 0 Å². The van der Waals surface area contributed by atoms with Gasteiger partial charge in [-0.2, -0.15) is 0 Å². The van der Waals surface area contributed by atoms with E-state index in [0.29, 0.717) is 11.6 Å². The van der Waals surface area contributed by atoms with E-state index in [0.717, 1.165) is 6.54 Å². The highest BCUT2D eigenvalue weighted by Crippen LogP contribution is 2.32. The van der Waals surface area contributed by atoms with E-state index in [2.05, 4.69) is 73.6 Å². The van der Waals surface area contributed by atoms with E-state index in [1.54, 1.807) is 0 Å². The molecule has 0 aromatic heterocycles. The molecule has 0 spiro atoms. The first kappa shape index (κ1) is 14.6. The van der Waals surface area contributed by atoms with Gasteiger partial charge in [0.05, 0.1) is 0 Å². The first-order chi connectivity index (χ1) is 10.1. The lowest BCUT2D eigenvalue weighted by Crippen LogP contribution is -2.43. The summed E-state index contributed by atoms with van der Waals surface area (Å²) in [5.74, 6) is 0. The van der Waals surface area contributed by atoms with Crippen molar-refractivity contribution >= 4 is 10.8 Å². The van der Waals surface area contributed by atoms with Crippen molar-refractivity contribution in [3.8, 4) is 0 Å². The molecule has 2 aromatic carbocycles. The molecule has 2 heteroatoms. The summed E-state index contributed by atoms with van der Waals surface area (Å²) in [7, 11) is 2.08. The summed E-state index contributed by atoms with van der Waals surface area (Å²) in [5, 5.41) is 6.23. The maximum Gasteiger partial charge on any atom is 0.0453 e. The van der Waals surface area contributed by atoms with Crippen LogP contribution in [0.5, 0.6) is 0 Å². The van der Waals surface area contributed by atoms with Gasteiger partial charge >= 0.3 is 0 Å². The number of hydrogen-bond acceptors (Lipinski definition) is 2. The zero-order chi connectivity index (χ0) is 14.9. The number of hydrogen-bond donors (Lipinski definition) is 1. The standard InChI is InChI=1S/C19H26N2/c1-19(2)12-7-13-21(19)14-18(20-3)17-11-6-9-15-8-4-5-10-16(15)17/h4-6,8-11,18,20H,7,12-14H2,1-3H3. The van der Waals surface area contributed by atoms with Crippen molar-refractivity contribution in [2.24, 2.45) is 0 Å². The molecular weight excluding hydrogens is 256 g/mol. The van der Waals surface area contributed by atoms with Gasteiger partial charge in [-0.15, -0.1) is 0 Å². The molecule has 0 aliphatic carbocycles. The van der Waals surface area contributed by atoms with Crippen molar-refractivity contribution in [2.75, 3.05) is 20.1 Å². The SMILES string of the molecule is CNC(CN1CCCC1(C)C)c1cccc2ccccc12. The predicted octanol–water partition coefficient (Wildman–Crippen LogP) is 3.97. The van der Waals surface area contributed by atoms with Crippen LogP contribution in [0, 0.1) is 0 Å². The number of likely N-dealkylation sites (tertiary alicyclic amines) is 1. The summed E-state index contributed by atoms with van der Waals surface area (Å²) < 4.78 is 0. The third-order valence-electron chi connectivity index (χ3n) is 5.02. The zero-order valence-corrected chi connectivity index (χ0v) is 13.4. The number of likely N-dealkylation sites (N-methyl/N-ethyl adjacent to an activating group) is 1. The van der Waals surface area contributed by atoms with Gasteiger partial charge < -0.3 is 5.32 Å². The molecule has 0 amide bonds. The maximum absolute atomic E-state index is 3.53. The number of fused-ring (bicyclic) bond motifs is 1. The Morgan fingerprint density at radius 2 is 1.90 bits per heavy atom. The molecule has 1 N–H and O–H groups in total. The Balaban J connectivity index is 1.92. The largest absolute Gasteiger partial charge is 0.312 e. The highest BCUT2D eigenvalue weighted by Gasteiger charge is 2.33. The Morgan fingerprint density at radius 3 is 2.62 bits per heavy atom. The number of rotatable bonds is 4. The monoisotopic (exact) mass is 282 g/mol. The molecule has 1 fully saturated rings. The van der Waals surface area contributed by atoms with Crippen molar-refractivity contribution < 1.29 is 0 Å². The fraction of sp³-hybridized carbons (Fsp3) is 0.474. The average molecular weight is 282 g/mol. The van der Waals surface area contributed by atoms with E-state index in [1.165, 1.54) is 35.7 Å². The van der Waals surface area contributed by atoms with Crippen LogP contribution in [0.1, 0.15) is 38.3 Å². The molecule has 1 aliphatic rings. The minimum Gasteiger partial charge on any atom is -0.312 e. The Morgan fingerprint density at radius 1 is 1.14 bits per heavy atom. The molecule has 112 valence electrons. The molecule has 0 bridgehead atoms. The molecule has 1 heterocycles. The van der Waals surface area contributed by atoms with Crippen LogP contribution in [-0.2, 0) is 0 Å². The highest BCUT2D eigenvalue weighted by molar-refractivity contribution is 5.86. The van der Waals surface area contributed by atoms with Crippen molar-refractivity contribution in [3.05, 3.63) is 48.0 Å². The van der Waals surface area contributed by atoms with Crippen LogP contribution >= 0.6 is 0 Å². The smallest absolute Gasteiger partial charge is 0.0453 e. The molecule has 21 heavy (non-hydrogen) atoms. The van der Waals surface area contributed by atoms with Crippen molar-refractivity contribution in [1.29, 1.82) is 0 Å². The third-order valence-corrected chi connectivity index (χ3v) is 5.02. The predicted molar refractivity (Wildman–Crippen MR) is 90.6 cm³/mol. The average Bonchev–Trinajstić information content (AvgIpc) is 2.83. The van der Waals surface area contributed by atoms with Crippen molar-refractivity contribution in [1.82, 2.24) is 10.2 Å². The van der Waals surface area contributed by atoms with E-state index >= 15 is 0 Å². The summed E-state index contributed by atoms with van der Waals surface area (Å²) in [4.78, 5) is 2.63. The van der Waals surface area contributed by atoms with Gasteiger partial charge in [-0.3, -0.25) is 4.90 Å². The second-order valence-electron chi connectivity index (χ2n) is 6.77. The van der Waals surface area contributed by atoms with Gasteiger partial charge in [-0.25, -0.2) is 0 Å². The zero-order valence-electron chi connectivity index (χ0n) is 13.4. The topological polar surface area (TPSA) is 15.3 Å². The van der Waals surface area contributed by atoms with E-state index < -0.39 is 0 Å². The quantitative estimate of drug-likeness (QED) is 0.912. The summed E-state index contributed by atoms with van der Waals surface area (Å²) in [6.07, 6.45) is 2.62. The molecule has 2 nitrogen and oxygen atoms in total. The fourth-order valence-electron chi connectivity index (χ4n) is 3.62. The fourth-order valence-corrected chi connectivity index (χ4v) is 3.62. The molecule has 1 unspecified atom stereocenters. The first-order valence-electron chi connectivity index (χ1n) is 8.02. The Labute approximate surface area is 128 Å². The molecule has 1 saturated heterocycles. The molecule has 0 saturated carbocycles. The minimum atomic E-state index is 0.333. The van der Waals surface area contributed by atoms with Crippen LogP contribution in [0.4, 0.5) is 0 Å². The number of benzene rings is 2. The van der Waals surface area contributed by atoms with Gasteiger partial charge in [-0.1, -0.05) is 42.5 Å². The van der Waals surface area contributed by atoms with Crippen LogP contribution in [0.25, 0.3) is 10.8 Å². The van der Waals surface area contributed by atoms with Crippen LogP contribution < -0.4 is 5.32 Å². The van der Waals surface area contributed by atoms with Crippen molar-refractivity contribution in [2.45, 2.75) is 38.3 Å². The molecule has 1 aliphatic heterocycles. The van der Waals surface area contributed by atoms with Gasteiger partial charge in [0, 0.05) is 18.1 Å². The number of nitrogens with zero attached hydrogens (tertiary/aromatic N) is 1. The van der Waals surface area contributed by atoms with Crippen LogP contribution in [0.3, 0.4) is 0 Å². The lowest BCUT2D eigenvalue weighted by Gasteiger charge is -2.35. The summed E-state index contributed by atoms with van der Waals surface area (Å²) in [5.41, 5.74) is 1.75. The van der Waals surface area contributed by atoms with Gasteiger partial charge in [0.1, 0.15) is 0 Å². The van der Waals surface area contributed by atoms with Gasteiger partial charge in [0.15, 0.2) is 0 Å². The normalized spacial score (nSPS) is 20.0. The summed E-state index contributed by atoms with van der Waals surface area (Å²) >= 11 is 0. The lowest BCUT2D eigenvalue weighted by molar-refractivity contribution is 0.159. The molecule has 3 rings (SSSR count). The Kier molecular flexibility index (Phi) is 4.01. The summed E-state index contributed by atoms with van der Waals surface area (Å²) in [6, 6.07) is 15.7. The Bertz CT molecular complexity index is 612. The second kappa shape index (κ2) is 5.78. The van der Waals surface area contributed by atoms with Gasteiger partial charge in [-0.05, 0) is 56.6 Å². The van der Waals surface area contributed by atoms with E-state index in [1.807, 2.05) is 0 Å². The van der Waals surface area contributed by atoms with Crippen LogP contribution in [0.15, 0.2) is 42.5 Å². The third kappa shape index (κ3) is 2.83. The highest BCUT2D eigenvalue weighted by atomic mass is 15.2. The molecule has 0 radical (unpaired) electrons. The second-order valence-corrected chi connectivity index (χ2v) is 6.77. The van der Waals surface area contributed by atoms with Crippen molar-refractivity contribution in [3.63, 3.8) is 0 Å².